The largest absolute Gasteiger partial charge is 0.469 e. The lowest BCUT2D eigenvalue weighted by atomic mass is 9.38. The van der Waals surface area contributed by atoms with Crippen LogP contribution in [0.4, 0.5) is 0 Å². The van der Waals surface area contributed by atoms with Crippen LogP contribution in [-0.4, -0.2) is 37.9 Å². The number of hydrogen-bond donors (Lipinski definition) is 0. The third kappa shape index (κ3) is 2.60. The minimum absolute atomic E-state index is 0.0749. The quantitative estimate of drug-likeness (QED) is 0.669. The van der Waals surface area contributed by atoms with Gasteiger partial charge in [-0.15, -0.1) is 0 Å². The van der Waals surface area contributed by atoms with Gasteiger partial charge >= 0.3 is 11.9 Å². The molecule has 0 amide bonds. The summed E-state index contributed by atoms with van der Waals surface area (Å²) in [6, 6.07) is 0. The van der Waals surface area contributed by atoms with Gasteiger partial charge in [-0.05, 0) is 54.8 Å². The molecule has 3 fully saturated rings. The van der Waals surface area contributed by atoms with Crippen LogP contribution in [0.3, 0.4) is 0 Å². The van der Waals surface area contributed by atoms with Crippen molar-refractivity contribution < 1.29 is 19.1 Å². The number of hydrogen-bond acceptors (Lipinski definition) is 5. The molecule has 0 unspecified atom stereocenters. The molecule has 0 bridgehead atoms. The smallest absolute Gasteiger partial charge is 0.309 e. The fraction of sp³-hybridized carbons (Fsp3) is 0.870. The summed E-state index contributed by atoms with van der Waals surface area (Å²) < 4.78 is 11.2. The second kappa shape index (κ2) is 6.56. The Morgan fingerprint density at radius 3 is 2.54 bits per heavy atom. The third-order valence-electron chi connectivity index (χ3n) is 9.01. The molecular weight excluding hydrogens is 354 g/mol. The number of esters is 2. The van der Waals surface area contributed by atoms with Crippen LogP contribution >= 0.6 is 0 Å². The summed E-state index contributed by atoms with van der Waals surface area (Å²) in [5.41, 5.74) is 0.0903. The number of carbonyl (C=O) groups is 2. The van der Waals surface area contributed by atoms with Crippen molar-refractivity contribution in [1.82, 2.24) is 0 Å². The van der Waals surface area contributed by atoms with E-state index in [9.17, 15) is 9.59 Å². The predicted octanol–water partition coefficient (Wildman–Crippen LogP) is 4.04. The van der Waals surface area contributed by atoms with Gasteiger partial charge in [0.05, 0.1) is 18.4 Å². The Balaban J connectivity index is 1.82. The zero-order valence-corrected chi connectivity index (χ0v) is 18.0. The van der Waals surface area contributed by atoms with E-state index in [1.165, 1.54) is 33.3 Å². The van der Waals surface area contributed by atoms with E-state index in [0.29, 0.717) is 18.4 Å². The minimum atomic E-state index is -0.332. The fourth-order valence-electron chi connectivity index (χ4n) is 8.02. The van der Waals surface area contributed by atoms with E-state index in [1.54, 1.807) is 0 Å². The van der Waals surface area contributed by atoms with Gasteiger partial charge in [0, 0.05) is 25.6 Å². The van der Waals surface area contributed by atoms with Crippen molar-refractivity contribution in [3.05, 3.63) is 0 Å². The number of rotatable bonds is 2. The zero-order chi connectivity index (χ0) is 20.3. The van der Waals surface area contributed by atoms with E-state index in [-0.39, 0.29) is 46.1 Å². The number of nitrogens with zero attached hydrogens (tertiary/aromatic N) is 1. The lowest BCUT2D eigenvalue weighted by molar-refractivity contribution is -0.213. The first-order valence-electron chi connectivity index (χ1n) is 10.9. The first-order valence-corrected chi connectivity index (χ1v) is 10.9. The monoisotopic (exact) mass is 389 g/mol. The Morgan fingerprint density at radius 2 is 1.86 bits per heavy atom. The van der Waals surface area contributed by atoms with Crippen LogP contribution in [0.25, 0.3) is 0 Å². The van der Waals surface area contributed by atoms with E-state index in [2.05, 4.69) is 27.0 Å². The molecule has 0 aromatic carbocycles. The van der Waals surface area contributed by atoms with Crippen LogP contribution in [0, 0.1) is 39.9 Å². The highest BCUT2D eigenvalue weighted by Gasteiger charge is 2.69. The Labute approximate surface area is 168 Å². The van der Waals surface area contributed by atoms with E-state index in [0.717, 1.165) is 19.3 Å². The standard InChI is InChI=1S/C23H35NO4/c1-14(25)28-19-11-18-21(2,3)9-6-10-22(18,4)17-8-7-15(20(26)27-5)16-12-24-13-23(16,17)19/h13,15-19H,6-12H2,1-5H3/t15-,16-,17-,18+,19-,22-,23+/m1/s1. The molecule has 0 N–H and O–H groups in total. The highest BCUT2D eigenvalue weighted by Crippen LogP contribution is 2.70. The molecule has 1 heterocycles. The molecule has 0 aromatic rings. The van der Waals surface area contributed by atoms with Gasteiger partial charge in [0.15, 0.2) is 0 Å². The topological polar surface area (TPSA) is 65.0 Å². The van der Waals surface area contributed by atoms with Crippen LogP contribution in [0.1, 0.15) is 66.2 Å². The summed E-state index contributed by atoms with van der Waals surface area (Å²) in [7, 11) is 1.47. The Morgan fingerprint density at radius 1 is 1.11 bits per heavy atom. The molecule has 156 valence electrons. The number of ether oxygens (including phenoxy) is 2. The van der Waals surface area contributed by atoms with Gasteiger partial charge in [-0.3, -0.25) is 14.6 Å². The number of aliphatic imine (C=N–C) groups is 1. The molecule has 7 atom stereocenters. The van der Waals surface area contributed by atoms with Gasteiger partial charge in [-0.2, -0.15) is 0 Å². The lowest BCUT2D eigenvalue weighted by Crippen LogP contribution is -2.66. The molecule has 4 aliphatic rings. The third-order valence-corrected chi connectivity index (χ3v) is 9.01. The highest BCUT2D eigenvalue weighted by molar-refractivity contribution is 5.78. The number of carbonyl (C=O) groups excluding carboxylic acids is 2. The Bertz CT molecular complexity index is 701. The molecule has 1 aliphatic heterocycles. The molecule has 3 saturated carbocycles. The van der Waals surface area contributed by atoms with Crippen LogP contribution < -0.4 is 0 Å². The van der Waals surface area contributed by atoms with Gasteiger partial charge in [-0.1, -0.05) is 27.2 Å². The Kier molecular flexibility index (Phi) is 4.67. The predicted molar refractivity (Wildman–Crippen MR) is 107 cm³/mol. The first-order chi connectivity index (χ1) is 13.2. The maximum Gasteiger partial charge on any atom is 0.309 e. The van der Waals surface area contributed by atoms with Crippen molar-refractivity contribution in [3.8, 4) is 0 Å². The van der Waals surface area contributed by atoms with Crippen LogP contribution in [-0.2, 0) is 19.1 Å². The van der Waals surface area contributed by atoms with E-state index in [4.69, 9.17) is 14.5 Å². The summed E-state index contributed by atoms with van der Waals surface area (Å²) in [5, 5.41) is 0. The average Bonchev–Trinajstić information content (AvgIpc) is 3.06. The molecule has 4 rings (SSSR count). The van der Waals surface area contributed by atoms with Crippen molar-refractivity contribution in [2.45, 2.75) is 72.3 Å². The summed E-state index contributed by atoms with van der Waals surface area (Å²) in [4.78, 5) is 29.4. The van der Waals surface area contributed by atoms with E-state index in [1.807, 2.05) is 0 Å². The van der Waals surface area contributed by atoms with Crippen molar-refractivity contribution in [1.29, 1.82) is 0 Å². The Hall–Kier alpha value is -1.39. The molecule has 1 spiro atoms. The van der Waals surface area contributed by atoms with Crippen LogP contribution in [0.15, 0.2) is 4.99 Å². The molecule has 0 radical (unpaired) electrons. The van der Waals surface area contributed by atoms with Gasteiger partial charge in [0.1, 0.15) is 6.10 Å². The van der Waals surface area contributed by atoms with Crippen molar-refractivity contribution in [3.63, 3.8) is 0 Å². The van der Waals surface area contributed by atoms with Crippen molar-refractivity contribution in [2.24, 2.45) is 44.9 Å². The second-order valence-electron chi connectivity index (χ2n) is 10.6. The SMILES string of the molecule is COC(=O)[C@@H]1CC[C@@H]2[C@@]3(C)CCCC(C)(C)[C@@H]3C[C@@H](OC(C)=O)[C@]23C=NC[C@H]13. The zero-order valence-electron chi connectivity index (χ0n) is 18.0. The maximum atomic E-state index is 12.6. The van der Waals surface area contributed by atoms with Gasteiger partial charge < -0.3 is 9.47 Å². The molecule has 5 heteroatoms. The number of methoxy groups -OCH3 is 1. The van der Waals surface area contributed by atoms with Crippen molar-refractivity contribution in [2.75, 3.05) is 13.7 Å². The fourth-order valence-corrected chi connectivity index (χ4v) is 8.02. The average molecular weight is 390 g/mol. The summed E-state index contributed by atoms with van der Waals surface area (Å²) in [6.07, 6.45) is 8.27. The summed E-state index contributed by atoms with van der Waals surface area (Å²) in [5.74, 6) is 0.461. The molecular formula is C23H35NO4. The van der Waals surface area contributed by atoms with Gasteiger partial charge in [0.25, 0.3) is 0 Å². The van der Waals surface area contributed by atoms with E-state index < -0.39 is 0 Å². The van der Waals surface area contributed by atoms with Crippen molar-refractivity contribution >= 4 is 18.2 Å². The molecule has 28 heavy (non-hydrogen) atoms. The van der Waals surface area contributed by atoms with Crippen LogP contribution in [0.5, 0.6) is 0 Å². The second-order valence-corrected chi connectivity index (χ2v) is 10.6. The van der Waals surface area contributed by atoms with E-state index >= 15 is 0 Å². The van der Waals surface area contributed by atoms with Gasteiger partial charge in [-0.25, -0.2) is 0 Å². The van der Waals surface area contributed by atoms with Crippen LogP contribution in [0.2, 0.25) is 0 Å². The van der Waals surface area contributed by atoms with Gasteiger partial charge in [0.2, 0.25) is 0 Å². The minimum Gasteiger partial charge on any atom is -0.469 e. The molecule has 3 aliphatic carbocycles. The first kappa shape index (κ1) is 19.9. The molecule has 5 nitrogen and oxygen atoms in total. The molecule has 0 aromatic heterocycles. The number of fused-ring (bicyclic) bond motifs is 2. The highest BCUT2D eigenvalue weighted by atomic mass is 16.5. The maximum absolute atomic E-state index is 12.6. The summed E-state index contributed by atoms with van der Waals surface area (Å²) in [6.45, 7) is 9.39. The molecule has 0 saturated heterocycles. The normalized spacial score (nSPS) is 46.1. The summed E-state index contributed by atoms with van der Waals surface area (Å²) >= 11 is 0. The lowest BCUT2D eigenvalue weighted by Gasteiger charge is -2.66.